The second-order valence-electron chi connectivity index (χ2n) is 4.80. The van der Waals surface area contributed by atoms with Crippen LogP contribution in [0.15, 0.2) is 11.4 Å². The summed E-state index contributed by atoms with van der Waals surface area (Å²) < 4.78 is 5.10. The van der Waals surface area contributed by atoms with Gasteiger partial charge in [-0.2, -0.15) is 0 Å². The van der Waals surface area contributed by atoms with Crippen LogP contribution in [0.25, 0.3) is 0 Å². The highest BCUT2D eigenvalue weighted by molar-refractivity contribution is 7.12. The van der Waals surface area contributed by atoms with E-state index in [0.717, 1.165) is 0 Å². The number of methoxy groups -OCH3 is 1. The number of nitrogens with zero attached hydrogens (tertiary/aromatic N) is 2. The molecular formula is C13H19N3O3S. The third kappa shape index (κ3) is 2.94. The van der Waals surface area contributed by atoms with Gasteiger partial charge in [-0.25, -0.2) is 0 Å². The topological polar surface area (TPSA) is 61.9 Å². The van der Waals surface area contributed by atoms with E-state index in [1.165, 1.54) is 16.2 Å². The molecule has 1 atom stereocenters. The molecule has 1 aromatic rings. The van der Waals surface area contributed by atoms with Crippen LogP contribution in [0.3, 0.4) is 0 Å². The Morgan fingerprint density at radius 1 is 1.50 bits per heavy atom. The molecule has 0 aromatic carbocycles. The molecule has 1 N–H and O–H groups in total. The molecule has 2 heterocycles. The Labute approximate surface area is 122 Å². The zero-order valence-electron chi connectivity index (χ0n) is 11.9. The van der Waals surface area contributed by atoms with Gasteiger partial charge in [0.2, 0.25) is 5.91 Å². The predicted octanol–water partition coefficient (Wildman–Crippen LogP) is 0.259. The number of hydrogen-bond acceptors (Lipinski definition) is 5. The van der Waals surface area contributed by atoms with Crippen LogP contribution in [0.5, 0.6) is 5.75 Å². The van der Waals surface area contributed by atoms with E-state index in [1.54, 1.807) is 37.6 Å². The van der Waals surface area contributed by atoms with Gasteiger partial charge in [0, 0.05) is 45.2 Å². The summed E-state index contributed by atoms with van der Waals surface area (Å²) in [4.78, 5) is 28.5. The van der Waals surface area contributed by atoms with Crippen LogP contribution in [0.2, 0.25) is 0 Å². The molecule has 1 fully saturated rings. The highest BCUT2D eigenvalue weighted by Crippen LogP contribution is 2.23. The molecule has 1 aliphatic rings. The monoisotopic (exact) mass is 297 g/mol. The van der Waals surface area contributed by atoms with Gasteiger partial charge in [-0.05, 0) is 0 Å². The van der Waals surface area contributed by atoms with Crippen molar-refractivity contribution in [3.8, 4) is 5.75 Å². The fraction of sp³-hybridized carbons (Fsp3) is 0.538. The van der Waals surface area contributed by atoms with Gasteiger partial charge in [0.05, 0.1) is 12.0 Å². The number of piperazine rings is 1. The smallest absolute Gasteiger partial charge is 0.264 e. The molecule has 1 unspecified atom stereocenters. The van der Waals surface area contributed by atoms with Crippen molar-refractivity contribution in [2.75, 3.05) is 40.8 Å². The first kappa shape index (κ1) is 14.8. The number of rotatable bonds is 3. The molecule has 0 spiro atoms. The quantitative estimate of drug-likeness (QED) is 0.869. The zero-order valence-corrected chi connectivity index (χ0v) is 12.7. The number of thiophene rings is 1. The van der Waals surface area contributed by atoms with E-state index in [-0.39, 0.29) is 11.8 Å². The average Bonchev–Trinajstić information content (AvgIpc) is 2.94. The van der Waals surface area contributed by atoms with Crippen LogP contribution in [-0.4, -0.2) is 68.5 Å². The predicted molar refractivity (Wildman–Crippen MR) is 77.3 cm³/mol. The summed E-state index contributed by atoms with van der Waals surface area (Å²) in [6.07, 6.45) is 0. The molecule has 2 rings (SSSR count). The molecule has 7 heteroatoms. The maximum atomic E-state index is 12.5. The Hall–Kier alpha value is -1.60. The SMILES string of the molecule is COc1csc(C(=O)N2CCNCC2C(=O)N(C)C)c1. The molecule has 1 aromatic heterocycles. The molecule has 1 saturated heterocycles. The van der Waals surface area contributed by atoms with Gasteiger partial charge < -0.3 is 19.9 Å². The Morgan fingerprint density at radius 2 is 2.25 bits per heavy atom. The third-order valence-corrected chi connectivity index (χ3v) is 4.15. The minimum absolute atomic E-state index is 0.0610. The van der Waals surface area contributed by atoms with Crippen LogP contribution in [-0.2, 0) is 4.79 Å². The van der Waals surface area contributed by atoms with Crippen LogP contribution in [0.1, 0.15) is 9.67 Å². The van der Waals surface area contributed by atoms with Crippen molar-refractivity contribution < 1.29 is 14.3 Å². The van der Waals surface area contributed by atoms with Crippen molar-refractivity contribution in [1.29, 1.82) is 0 Å². The fourth-order valence-corrected chi connectivity index (χ4v) is 2.96. The summed E-state index contributed by atoms with van der Waals surface area (Å²) in [5.41, 5.74) is 0. The summed E-state index contributed by atoms with van der Waals surface area (Å²) in [7, 11) is 4.97. The summed E-state index contributed by atoms with van der Waals surface area (Å²) in [5.74, 6) is 0.498. The molecule has 0 bridgehead atoms. The molecule has 0 aliphatic carbocycles. The summed E-state index contributed by atoms with van der Waals surface area (Å²) in [6, 6.07) is 1.27. The van der Waals surface area contributed by atoms with Crippen LogP contribution in [0, 0.1) is 0 Å². The third-order valence-electron chi connectivity index (χ3n) is 3.25. The molecule has 20 heavy (non-hydrogen) atoms. The highest BCUT2D eigenvalue weighted by Gasteiger charge is 2.34. The number of hydrogen-bond donors (Lipinski definition) is 1. The lowest BCUT2D eigenvalue weighted by Gasteiger charge is -2.36. The first-order chi connectivity index (χ1) is 9.54. The van der Waals surface area contributed by atoms with Crippen molar-refractivity contribution in [3.63, 3.8) is 0 Å². The van der Waals surface area contributed by atoms with Crippen molar-refractivity contribution in [3.05, 3.63) is 16.3 Å². The van der Waals surface area contributed by atoms with E-state index in [0.29, 0.717) is 30.3 Å². The van der Waals surface area contributed by atoms with Gasteiger partial charge in [0.1, 0.15) is 11.8 Å². The number of amides is 2. The van der Waals surface area contributed by atoms with Crippen molar-refractivity contribution in [1.82, 2.24) is 15.1 Å². The normalized spacial score (nSPS) is 18.8. The summed E-state index contributed by atoms with van der Waals surface area (Å²) in [6.45, 7) is 1.72. The molecule has 0 radical (unpaired) electrons. The largest absolute Gasteiger partial charge is 0.496 e. The van der Waals surface area contributed by atoms with Crippen LogP contribution >= 0.6 is 11.3 Å². The lowest BCUT2D eigenvalue weighted by atomic mass is 10.1. The van der Waals surface area contributed by atoms with Gasteiger partial charge in [0.15, 0.2) is 0 Å². The van der Waals surface area contributed by atoms with Crippen molar-refractivity contribution in [2.24, 2.45) is 0 Å². The fourth-order valence-electron chi connectivity index (χ4n) is 2.15. The molecule has 2 amide bonds. The number of carbonyl (C=O) groups is 2. The molecule has 1 aliphatic heterocycles. The van der Waals surface area contributed by atoms with E-state index < -0.39 is 6.04 Å². The van der Waals surface area contributed by atoms with Gasteiger partial charge in [-0.3, -0.25) is 9.59 Å². The van der Waals surface area contributed by atoms with Gasteiger partial charge >= 0.3 is 0 Å². The first-order valence-electron chi connectivity index (χ1n) is 6.40. The number of ether oxygens (including phenoxy) is 1. The maximum absolute atomic E-state index is 12.5. The van der Waals surface area contributed by atoms with Crippen molar-refractivity contribution in [2.45, 2.75) is 6.04 Å². The Bertz CT molecular complexity index is 501. The van der Waals surface area contributed by atoms with Gasteiger partial charge in [0.25, 0.3) is 5.91 Å². The minimum Gasteiger partial charge on any atom is -0.496 e. The van der Waals surface area contributed by atoms with E-state index >= 15 is 0 Å². The first-order valence-corrected chi connectivity index (χ1v) is 7.28. The number of nitrogens with one attached hydrogen (secondary N) is 1. The number of carbonyl (C=O) groups excluding carboxylic acids is 2. The second-order valence-corrected chi connectivity index (χ2v) is 5.71. The lowest BCUT2D eigenvalue weighted by Crippen LogP contribution is -2.59. The summed E-state index contributed by atoms with van der Waals surface area (Å²) in [5, 5.41) is 4.95. The lowest BCUT2D eigenvalue weighted by molar-refractivity contribution is -0.134. The van der Waals surface area contributed by atoms with E-state index in [2.05, 4.69) is 5.32 Å². The molecule has 110 valence electrons. The second kappa shape index (κ2) is 6.23. The average molecular weight is 297 g/mol. The number of likely N-dealkylation sites (N-methyl/N-ethyl adjacent to an activating group) is 1. The van der Waals surface area contributed by atoms with Gasteiger partial charge in [-0.15, -0.1) is 11.3 Å². The highest BCUT2D eigenvalue weighted by atomic mass is 32.1. The van der Waals surface area contributed by atoms with Gasteiger partial charge in [-0.1, -0.05) is 0 Å². The van der Waals surface area contributed by atoms with Crippen LogP contribution < -0.4 is 10.1 Å². The standard InChI is InChI=1S/C13H19N3O3S/c1-15(2)12(17)10-7-14-4-5-16(10)13(18)11-6-9(19-3)8-20-11/h6,8,10,14H,4-5,7H2,1-3H3. The Balaban J connectivity index is 2.19. The van der Waals surface area contributed by atoms with E-state index in [9.17, 15) is 9.59 Å². The summed E-state index contributed by atoms with van der Waals surface area (Å²) >= 11 is 1.34. The Morgan fingerprint density at radius 3 is 2.85 bits per heavy atom. The maximum Gasteiger partial charge on any atom is 0.264 e. The minimum atomic E-state index is -0.445. The molecule has 6 nitrogen and oxygen atoms in total. The Kier molecular flexibility index (Phi) is 4.61. The molecule has 0 saturated carbocycles. The van der Waals surface area contributed by atoms with Crippen LogP contribution in [0.4, 0.5) is 0 Å². The van der Waals surface area contributed by atoms with Crippen molar-refractivity contribution >= 4 is 23.2 Å². The zero-order chi connectivity index (χ0) is 14.7. The van der Waals surface area contributed by atoms with E-state index in [4.69, 9.17) is 4.74 Å². The molecular weight excluding hydrogens is 278 g/mol. The van der Waals surface area contributed by atoms with E-state index in [1.807, 2.05) is 0 Å².